The summed E-state index contributed by atoms with van der Waals surface area (Å²) in [6, 6.07) is 0. The summed E-state index contributed by atoms with van der Waals surface area (Å²) in [5.41, 5.74) is 6.12. The first kappa shape index (κ1) is 11.3. The molecule has 0 aromatic carbocycles. The van der Waals surface area contributed by atoms with E-state index >= 15 is 0 Å². The zero-order valence-corrected chi connectivity index (χ0v) is 9.37. The molecule has 0 radical (unpaired) electrons. The molecule has 1 saturated heterocycles. The maximum atomic E-state index is 5.80. The molecule has 2 nitrogen and oxygen atoms in total. The van der Waals surface area contributed by atoms with Gasteiger partial charge in [0.2, 0.25) is 0 Å². The Morgan fingerprint density at radius 3 is 2.92 bits per heavy atom. The van der Waals surface area contributed by atoms with Gasteiger partial charge in [0.25, 0.3) is 0 Å². The van der Waals surface area contributed by atoms with E-state index in [4.69, 9.17) is 10.5 Å². The Hall–Kier alpha value is 0.270. The Bertz CT molecular complexity index is 135. The van der Waals surface area contributed by atoms with Crippen molar-refractivity contribution in [2.75, 3.05) is 31.3 Å². The molecular weight excluding hydrogens is 182 g/mol. The molecule has 0 aromatic rings. The highest BCUT2D eigenvalue weighted by atomic mass is 32.2. The van der Waals surface area contributed by atoms with Crippen molar-refractivity contribution in [2.24, 2.45) is 11.1 Å². The topological polar surface area (TPSA) is 35.2 Å². The molecule has 0 bridgehead atoms. The summed E-state index contributed by atoms with van der Waals surface area (Å²) in [6.45, 7) is 4.81. The van der Waals surface area contributed by atoms with E-state index in [1.54, 1.807) is 0 Å². The molecular formula is C10H21NOS. The van der Waals surface area contributed by atoms with Crippen molar-refractivity contribution < 1.29 is 4.74 Å². The smallest absolute Gasteiger partial charge is 0.0535 e. The van der Waals surface area contributed by atoms with E-state index in [-0.39, 0.29) is 0 Å². The minimum absolute atomic E-state index is 0.328. The van der Waals surface area contributed by atoms with Crippen molar-refractivity contribution in [3.63, 3.8) is 0 Å². The Morgan fingerprint density at radius 1 is 1.54 bits per heavy atom. The van der Waals surface area contributed by atoms with Gasteiger partial charge >= 0.3 is 0 Å². The van der Waals surface area contributed by atoms with E-state index in [9.17, 15) is 0 Å². The van der Waals surface area contributed by atoms with E-state index in [1.165, 1.54) is 30.8 Å². The molecule has 1 aliphatic heterocycles. The lowest BCUT2D eigenvalue weighted by atomic mass is 9.83. The van der Waals surface area contributed by atoms with Gasteiger partial charge in [-0.25, -0.2) is 0 Å². The number of nitrogens with two attached hydrogens (primary N) is 1. The predicted octanol–water partition coefficient (Wildman–Crippen LogP) is 1.89. The van der Waals surface area contributed by atoms with E-state index < -0.39 is 0 Å². The molecule has 0 amide bonds. The number of hydrogen-bond donors (Lipinski definition) is 1. The monoisotopic (exact) mass is 203 g/mol. The fraction of sp³-hybridized carbons (Fsp3) is 1.00. The number of hydrogen-bond acceptors (Lipinski definition) is 3. The van der Waals surface area contributed by atoms with Crippen LogP contribution >= 0.6 is 11.8 Å². The highest BCUT2D eigenvalue weighted by Gasteiger charge is 2.32. The largest absolute Gasteiger partial charge is 0.381 e. The van der Waals surface area contributed by atoms with Gasteiger partial charge in [-0.1, -0.05) is 6.92 Å². The molecule has 1 rings (SSSR count). The predicted molar refractivity (Wildman–Crippen MR) is 59.2 cm³/mol. The molecule has 2 N–H and O–H groups in total. The molecule has 0 spiro atoms. The van der Waals surface area contributed by atoms with Crippen molar-refractivity contribution >= 4 is 11.8 Å². The lowest BCUT2D eigenvalue weighted by Crippen LogP contribution is -2.31. The van der Waals surface area contributed by atoms with Gasteiger partial charge in [-0.05, 0) is 30.8 Å². The average molecular weight is 203 g/mol. The third-order valence-corrected chi connectivity index (χ3v) is 3.80. The SMILES string of the molecule is CCSCCCC1(CN)CCOC1. The zero-order valence-electron chi connectivity index (χ0n) is 8.55. The highest BCUT2D eigenvalue weighted by Crippen LogP contribution is 2.32. The van der Waals surface area contributed by atoms with Crippen molar-refractivity contribution in [1.82, 2.24) is 0 Å². The fourth-order valence-corrected chi connectivity index (χ4v) is 2.44. The van der Waals surface area contributed by atoms with E-state index in [2.05, 4.69) is 6.92 Å². The molecule has 0 aliphatic carbocycles. The first-order valence-corrected chi connectivity index (χ1v) is 6.34. The van der Waals surface area contributed by atoms with Crippen LogP contribution in [0.4, 0.5) is 0 Å². The zero-order chi connectivity index (χ0) is 9.57. The van der Waals surface area contributed by atoms with Crippen LogP contribution in [0.3, 0.4) is 0 Å². The second-order valence-electron chi connectivity index (χ2n) is 3.81. The third kappa shape index (κ3) is 3.49. The number of ether oxygens (including phenoxy) is 1. The maximum Gasteiger partial charge on any atom is 0.0535 e. The lowest BCUT2D eigenvalue weighted by Gasteiger charge is -2.24. The second-order valence-corrected chi connectivity index (χ2v) is 5.20. The van der Waals surface area contributed by atoms with E-state index in [0.717, 1.165) is 19.8 Å². The Labute approximate surface area is 85.6 Å². The second kappa shape index (κ2) is 5.89. The van der Waals surface area contributed by atoms with Gasteiger partial charge < -0.3 is 10.5 Å². The van der Waals surface area contributed by atoms with Crippen LogP contribution in [-0.4, -0.2) is 31.3 Å². The van der Waals surface area contributed by atoms with Crippen LogP contribution in [0, 0.1) is 5.41 Å². The standard InChI is InChI=1S/C10H21NOS/c1-2-13-7-3-4-10(8-11)5-6-12-9-10/h2-9,11H2,1H3. The molecule has 1 unspecified atom stereocenters. The van der Waals surface area contributed by atoms with Crippen LogP contribution in [0.2, 0.25) is 0 Å². The van der Waals surface area contributed by atoms with Crippen LogP contribution in [0.15, 0.2) is 0 Å². The number of thioether (sulfide) groups is 1. The summed E-state index contributed by atoms with van der Waals surface area (Å²) in [7, 11) is 0. The first-order chi connectivity index (χ1) is 6.33. The van der Waals surface area contributed by atoms with Gasteiger partial charge in [0, 0.05) is 18.6 Å². The van der Waals surface area contributed by atoms with Crippen molar-refractivity contribution in [2.45, 2.75) is 26.2 Å². The van der Waals surface area contributed by atoms with Crippen molar-refractivity contribution in [1.29, 1.82) is 0 Å². The minimum Gasteiger partial charge on any atom is -0.381 e. The first-order valence-electron chi connectivity index (χ1n) is 5.18. The molecule has 78 valence electrons. The van der Waals surface area contributed by atoms with E-state index in [1.807, 2.05) is 11.8 Å². The molecule has 0 aromatic heterocycles. The van der Waals surface area contributed by atoms with Gasteiger partial charge in [0.1, 0.15) is 0 Å². The summed E-state index contributed by atoms with van der Waals surface area (Å²) in [5, 5.41) is 0. The van der Waals surface area contributed by atoms with Gasteiger partial charge in [-0.15, -0.1) is 0 Å². The van der Waals surface area contributed by atoms with Crippen molar-refractivity contribution in [3.05, 3.63) is 0 Å². The molecule has 3 heteroatoms. The van der Waals surface area contributed by atoms with Crippen LogP contribution in [-0.2, 0) is 4.74 Å². The summed E-state index contributed by atoms with van der Waals surface area (Å²) >= 11 is 2.02. The number of rotatable bonds is 6. The van der Waals surface area contributed by atoms with Gasteiger partial charge in [0.05, 0.1) is 6.61 Å². The average Bonchev–Trinajstić information content (AvgIpc) is 2.62. The lowest BCUT2D eigenvalue weighted by molar-refractivity contribution is 0.149. The molecule has 1 heterocycles. The minimum atomic E-state index is 0.328. The Kier molecular flexibility index (Phi) is 5.14. The molecule has 1 aliphatic rings. The van der Waals surface area contributed by atoms with Crippen LogP contribution in [0.25, 0.3) is 0 Å². The van der Waals surface area contributed by atoms with E-state index in [0.29, 0.717) is 5.41 Å². The van der Waals surface area contributed by atoms with Gasteiger partial charge in [0.15, 0.2) is 0 Å². The Balaban J connectivity index is 2.16. The molecule has 0 saturated carbocycles. The summed E-state index contributed by atoms with van der Waals surface area (Å²) in [6.07, 6.45) is 3.70. The third-order valence-electron chi connectivity index (χ3n) is 2.82. The van der Waals surface area contributed by atoms with Crippen LogP contribution in [0.1, 0.15) is 26.2 Å². The fourth-order valence-electron chi connectivity index (χ4n) is 1.80. The molecule has 13 heavy (non-hydrogen) atoms. The van der Waals surface area contributed by atoms with Crippen molar-refractivity contribution in [3.8, 4) is 0 Å². The summed E-state index contributed by atoms with van der Waals surface area (Å²) in [5.74, 6) is 2.50. The quantitative estimate of drug-likeness (QED) is 0.670. The summed E-state index contributed by atoms with van der Waals surface area (Å²) < 4.78 is 5.42. The van der Waals surface area contributed by atoms with Crippen LogP contribution in [0.5, 0.6) is 0 Å². The summed E-state index contributed by atoms with van der Waals surface area (Å²) in [4.78, 5) is 0. The molecule has 1 atom stereocenters. The molecule has 1 fully saturated rings. The Morgan fingerprint density at radius 2 is 2.38 bits per heavy atom. The maximum absolute atomic E-state index is 5.80. The van der Waals surface area contributed by atoms with Gasteiger partial charge in [-0.3, -0.25) is 0 Å². The van der Waals surface area contributed by atoms with Gasteiger partial charge in [-0.2, -0.15) is 11.8 Å². The normalized spacial score (nSPS) is 28.2. The highest BCUT2D eigenvalue weighted by molar-refractivity contribution is 7.99. The van der Waals surface area contributed by atoms with Crippen LogP contribution < -0.4 is 5.73 Å².